The fraction of sp³-hybridized carbons (Fsp3) is 0.333. The van der Waals surface area contributed by atoms with Crippen molar-refractivity contribution >= 4 is 22.7 Å². The van der Waals surface area contributed by atoms with E-state index >= 15 is 0 Å². The molecule has 0 atom stereocenters. The molecule has 1 saturated heterocycles. The Labute approximate surface area is 112 Å². The van der Waals surface area contributed by atoms with Crippen LogP contribution in [-0.4, -0.2) is 13.1 Å². The van der Waals surface area contributed by atoms with Gasteiger partial charge in [0, 0.05) is 36.4 Å². The summed E-state index contributed by atoms with van der Waals surface area (Å²) >= 11 is 1.73. The third-order valence-electron chi connectivity index (χ3n) is 3.44. The number of hydrogen-bond acceptors (Lipinski definition) is 3. The summed E-state index contributed by atoms with van der Waals surface area (Å²) in [6.07, 6.45) is 2.65. The standard InChI is InChI=1S/C15H18N2S/c1-2-6-15(17-8-3-4-9-17)13(5-1)11-16-14-7-10-18-12-14/h1-2,5-7,10,12,16H,3-4,8-9,11H2. The first-order valence-corrected chi connectivity index (χ1v) is 7.47. The van der Waals surface area contributed by atoms with Crippen LogP contribution in [-0.2, 0) is 6.54 Å². The van der Waals surface area contributed by atoms with Crippen LogP contribution in [0.3, 0.4) is 0 Å². The molecule has 0 radical (unpaired) electrons. The van der Waals surface area contributed by atoms with Crippen LogP contribution in [0.25, 0.3) is 0 Å². The topological polar surface area (TPSA) is 15.3 Å². The molecular formula is C15H18N2S. The molecule has 1 aliphatic rings. The number of rotatable bonds is 4. The van der Waals surface area contributed by atoms with Gasteiger partial charge in [-0.2, -0.15) is 11.3 Å². The van der Waals surface area contributed by atoms with Gasteiger partial charge in [0.05, 0.1) is 0 Å². The van der Waals surface area contributed by atoms with Gasteiger partial charge in [0.2, 0.25) is 0 Å². The van der Waals surface area contributed by atoms with Crippen LogP contribution in [0.1, 0.15) is 18.4 Å². The van der Waals surface area contributed by atoms with Crippen molar-refractivity contribution in [1.82, 2.24) is 0 Å². The van der Waals surface area contributed by atoms with Gasteiger partial charge in [0.1, 0.15) is 0 Å². The molecule has 0 bridgehead atoms. The molecule has 3 heteroatoms. The number of hydrogen-bond donors (Lipinski definition) is 1. The fourth-order valence-corrected chi connectivity index (χ4v) is 3.10. The van der Waals surface area contributed by atoms with Crippen LogP contribution in [0.4, 0.5) is 11.4 Å². The maximum Gasteiger partial charge on any atom is 0.0451 e. The van der Waals surface area contributed by atoms with E-state index in [0.717, 1.165) is 6.54 Å². The van der Waals surface area contributed by atoms with Crippen molar-refractivity contribution in [3.05, 3.63) is 46.7 Å². The van der Waals surface area contributed by atoms with E-state index in [1.807, 2.05) is 0 Å². The molecule has 1 fully saturated rings. The highest BCUT2D eigenvalue weighted by molar-refractivity contribution is 7.08. The Bertz CT molecular complexity index is 487. The van der Waals surface area contributed by atoms with Gasteiger partial charge >= 0.3 is 0 Å². The maximum atomic E-state index is 3.49. The van der Waals surface area contributed by atoms with Gasteiger partial charge < -0.3 is 10.2 Å². The van der Waals surface area contributed by atoms with Gasteiger partial charge in [-0.1, -0.05) is 18.2 Å². The Morgan fingerprint density at radius 2 is 1.94 bits per heavy atom. The van der Waals surface area contributed by atoms with Crippen LogP contribution in [0.15, 0.2) is 41.1 Å². The summed E-state index contributed by atoms with van der Waals surface area (Å²) in [5.41, 5.74) is 4.01. The molecule has 0 saturated carbocycles. The number of nitrogens with one attached hydrogen (secondary N) is 1. The minimum absolute atomic E-state index is 0.906. The number of para-hydroxylation sites is 1. The van der Waals surface area contributed by atoms with E-state index in [0.29, 0.717) is 0 Å². The van der Waals surface area contributed by atoms with Crippen LogP contribution in [0.2, 0.25) is 0 Å². The molecule has 0 amide bonds. The summed E-state index contributed by atoms with van der Waals surface area (Å²) in [5, 5.41) is 7.75. The largest absolute Gasteiger partial charge is 0.380 e. The Kier molecular flexibility index (Phi) is 3.51. The quantitative estimate of drug-likeness (QED) is 0.893. The van der Waals surface area contributed by atoms with Crippen LogP contribution >= 0.6 is 11.3 Å². The normalized spacial score (nSPS) is 15.0. The van der Waals surface area contributed by atoms with Crippen molar-refractivity contribution in [2.24, 2.45) is 0 Å². The molecule has 0 unspecified atom stereocenters. The Morgan fingerprint density at radius 3 is 2.72 bits per heavy atom. The van der Waals surface area contributed by atoms with E-state index in [1.165, 1.54) is 42.9 Å². The Hall–Kier alpha value is -1.48. The first-order valence-electron chi connectivity index (χ1n) is 6.52. The fourth-order valence-electron chi connectivity index (χ4n) is 2.49. The second-order valence-electron chi connectivity index (χ2n) is 4.69. The van der Waals surface area contributed by atoms with Gasteiger partial charge in [0.25, 0.3) is 0 Å². The summed E-state index contributed by atoms with van der Waals surface area (Å²) in [4.78, 5) is 2.50. The summed E-state index contributed by atoms with van der Waals surface area (Å²) < 4.78 is 0. The lowest BCUT2D eigenvalue weighted by Gasteiger charge is -2.21. The minimum atomic E-state index is 0.906. The highest BCUT2D eigenvalue weighted by Gasteiger charge is 2.14. The van der Waals surface area contributed by atoms with Crippen molar-refractivity contribution in [2.45, 2.75) is 19.4 Å². The van der Waals surface area contributed by atoms with Crippen molar-refractivity contribution in [1.29, 1.82) is 0 Å². The van der Waals surface area contributed by atoms with Crippen molar-refractivity contribution < 1.29 is 0 Å². The summed E-state index contributed by atoms with van der Waals surface area (Å²) in [6.45, 7) is 3.31. The lowest BCUT2D eigenvalue weighted by Crippen LogP contribution is -2.19. The summed E-state index contributed by atoms with van der Waals surface area (Å²) in [6, 6.07) is 10.9. The zero-order valence-corrected chi connectivity index (χ0v) is 11.2. The van der Waals surface area contributed by atoms with E-state index in [9.17, 15) is 0 Å². The maximum absolute atomic E-state index is 3.49. The first kappa shape index (κ1) is 11.6. The lowest BCUT2D eigenvalue weighted by atomic mass is 10.1. The van der Waals surface area contributed by atoms with Crippen LogP contribution < -0.4 is 10.2 Å². The Morgan fingerprint density at radius 1 is 1.11 bits per heavy atom. The number of benzene rings is 1. The van der Waals surface area contributed by atoms with E-state index in [-0.39, 0.29) is 0 Å². The molecule has 1 aromatic carbocycles. The van der Waals surface area contributed by atoms with Gasteiger partial charge in [-0.25, -0.2) is 0 Å². The molecule has 1 aliphatic heterocycles. The molecule has 0 aliphatic carbocycles. The molecule has 1 N–H and O–H groups in total. The summed E-state index contributed by atoms with van der Waals surface area (Å²) in [5.74, 6) is 0. The average Bonchev–Trinajstić information content (AvgIpc) is 3.10. The second-order valence-corrected chi connectivity index (χ2v) is 5.47. The SMILES string of the molecule is c1ccc(N2CCCC2)c(CNc2ccsc2)c1. The lowest BCUT2D eigenvalue weighted by molar-refractivity contribution is 0.949. The van der Waals surface area contributed by atoms with Crippen molar-refractivity contribution in [2.75, 3.05) is 23.3 Å². The van der Waals surface area contributed by atoms with Gasteiger partial charge in [0.15, 0.2) is 0 Å². The smallest absolute Gasteiger partial charge is 0.0451 e. The van der Waals surface area contributed by atoms with Gasteiger partial charge in [-0.05, 0) is 35.9 Å². The van der Waals surface area contributed by atoms with Gasteiger partial charge in [-0.15, -0.1) is 0 Å². The molecule has 18 heavy (non-hydrogen) atoms. The van der Waals surface area contributed by atoms with E-state index in [2.05, 4.69) is 51.3 Å². The van der Waals surface area contributed by atoms with E-state index in [4.69, 9.17) is 0 Å². The molecule has 2 aromatic rings. The van der Waals surface area contributed by atoms with E-state index in [1.54, 1.807) is 11.3 Å². The molecular weight excluding hydrogens is 240 g/mol. The Balaban J connectivity index is 1.74. The average molecular weight is 258 g/mol. The van der Waals surface area contributed by atoms with Crippen LogP contribution in [0, 0.1) is 0 Å². The predicted octanol–water partition coefficient (Wildman–Crippen LogP) is 3.96. The molecule has 3 rings (SSSR count). The first-order chi connectivity index (χ1) is 8.93. The third kappa shape index (κ3) is 2.51. The number of thiophene rings is 1. The predicted molar refractivity (Wildman–Crippen MR) is 79.5 cm³/mol. The van der Waals surface area contributed by atoms with Crippen molar-refractivity contribution in [3.8, 4) is 0 Å². The molecule has 1 aromatic heterocycles. The highest BCUT2D eigenvalue weighted by atomic mass is 32.1. The molecule has 94 valence electrons. The molecule has 2 nitrogen and oxygen atoms in total. The van der Waals surface area contributed by atoms with Gasteiger partial charge in [-0.3, -0.25) is 0 Å². The molecule has 0 spiro atoms. The minimum Gasteiger partial charge on any atom is -0.380 e. The zero-order valence-electron chi connectivity index (χ0n) is 10.4. The zero-order chi connectivity index (χ0) is 12.2. The van der Waals surface area contributed by atoms with Crippen molar-refractivity contribution in [3.63, 3.8) is 0 Å². The summed E-state index contributed by atoms with van der Waals surface area (Å²) in [7, 11) is 0. The monoisotopic (exact) mass is 258 g/mol. The number of anilines is 2. The molecule has 2 heterocycles. The van der Waals surface area contributed by atoms with Crippen LogP contribution in [0.5, 0.6) is 0 Å². The highest BCUT2D eigenvalue weighted by Crippen LogP contribution is 2.25. The van der Waals surface area contributed by atoms with E-state index < -0.39 is 0 Å². The second kappa shape index (κ2) is 5.44. The number of nitrogens with zero attached hydrogens (tertiary/aromatic N) is 1. The third-order valence-corrected chi connectivity index (χ3v) is 4.13.